The smallest absolute Gasteiger partial charge is 0.180 e. The summed E-state index contributed by atoms with van der Waals surface area (Å²) in [7, 11) is -3.25. The van der Waals surface area contributed by atoms with Crippen LogP contribution in [0.1, 0.15) is 18.5 Å². The van der Waals surface area contributed by atoms with Gasteiger partial charge in [-0.1, -0.05) is 37.3 Å². The standard InChI is InChI=1S/C16H17NO3S/c1-2-21(18,19)16-10-6-4-8-13(16)17-14-11-20-15-9-5-3-7-12(14)15/h3-10,14,17H,2,11H2,1H3. The zero-order valence-electron chi connectivity index (χ0n) is 11.7. The highest BCUT2D eigenvalue weighted by atomic mass is 32.2. The molecule has 0 aromatic heterocycles. The van der Waals surface area contributed by atoms with Crippen molar-refractivity contribution in [3.8, 4) is 5.75 Å². The molecule has 0 saturated carbocycles. The summed E-state index contributed by atoms with van der Waals surface area (Å²) in [5.41, 5.74) is 1.69. The quantitative estimate of drug-likeness (QED) is 0.943. The average Bonchev–Trinajstić information content (AvgIpc) is 2.91. The summed E-state index contributed by atoms with van der Waals surface area (Å²) in [6.45, 7) is 2.15. The van der Waals surface area contributed by atoms with Gasteiger partial charge in [-0.25, -0.2) is 8.42 Å². The lowest BCUT2D eigenvalue weighted by atomic mass is 10.1. The molecule has 1 aliphatic rings. The number of rotatable bonds is 4. The third kappa shape index (κ3) is 2.61. The van der Waals surface area contributed by atoms with Gasteiger partial charge in [0.25, 0.3) is 0 Å². The molecule has 21 heavy (non-hydrogen) atoms. The molecule has 1 atom stereocenters. The van der Waals surface area contributed by atoms with Crippen LogP contribution < -0.4 is 10.1 Å². The van der Waals surface area contributed by atoms with Crippen molar-refractivity contribution in [2.45, 2.75) is 17.9 Å². The number of hydrogen-bond acceptors (Lipinski definition) is 4. The van der Waals surface area contributed by atoms with Gasteiger partial charge in [0.1, 0.15) is 12.4 Å². The molecule has 0 fully saturated rings. The fourth-order valence-electron chi connectivity index (χ4n) is 2.48. The Hall–Kier alpha value is -2.01. The lowest BCUT2D eigenvalue weighted by molar-refractivity contribution is 0.339. The number of benzene rings is 2. The number of para-hydroxylation sites is 2. The molecule has 2 aromatic rings. The minimum atomic E-state index is -3.25. The molecule has 0 aliphatic carbocycles. The monoisotopic (exact) mass is 303 g/mol. The van der Waals surface area contributed by atoms with E-state index in [1.807, 2.05) is 30.3 Å². The van der Waals surface area contributed by atoms with Crippen LogP contribution in [0, 0.1) is 0 Å². The Balaban J connectivity index is 1.94. The van der Waals surface area contributed by atoms with Crippen LogP contribution in [-0.2, 0) is 9.84 Å². The van der Waals surface area contributed by atoms with Crippen LogP contribution in [0.5, 0.6) is 5.75 Å². The van der Waals surface area contributed by atoms with Crippen molar-refractivity contribution in [3.05, 3.63) is 54.1 Å². The molecule has 1 aliphatic heterocycles. The molecule has 0 radical (unpaired) electrons. The highest BCUT2D eigenvalue weighted by Crippen LogP contribution is 2.35. The Morgan fingerprint density at radius 1 is 1.14 bits per heavy atom. The topological polar surface area (TPSA) is 55.4 Å². The van der Waals surface area contributed by atoms with Gasteiger partial charge in [0.05, 0.1) is 22.4 Å². The molecule has 0 spiro atoms. The van der Waals surface area contributed by atoms with Crippen molar-refractivity contribution < 1.29 is 13.2 Å². The Morgan fingerprint density at radius 3 is 2.67 bits per heavy atom. The summed E-state index contributed by atoms with van der Waals surface area (Å²) in [5, 5.41) is 3.30. The number of sulfone groups is 1. The summed E-state index contributed by atoms with van der Waals surface area (Å²) >= 11 is 0. The molecule has 110 valence electrons. The van der Waals surface area contributed by atoms with Gasteiger partial charge in [0.15, 0.2) is 9.84 Å². The number of anilines is 1. The van der Waals surface area contributed by atoms with Crippen molar-refractivity contribution >= 4 is 15.5 Å². The summed E-state index contributed by atoms with van der Waals surface area (Å²) < 4.78 is 30.0. The predicted octanol–water partition coefficient (Wildman–Crippen LogP) is 3.03. The number of ether oxygens (including phenoxy) is 1. The van der Waals surface area contributed by atoms with Crippen LogP contribution in [0.4, 0.5) is 5.69 Å². The lowest BCUT2D eigenvalue weighted by Crippen LogP contribution is -2.15. The highest BCUT2D eigenvalue weighted by molar-refractivity contribution is 7.91. The van der Waals surface area contributed by atoms with E-state index < -0.39 is 9.84 Å². The number of nitrogens with one attached hydrogen (secondary N) is 1. The van der Waals surface area contributed by atoms with Crippen LogP contribution in [0.3, 0.4) is 0 Å². The maximum atomic E-state index is 12.2. The molecule has 3 rings (SSSR count). The van der Waals surface area contributed by atoms with E-state index in [4.69, 9.17) is 4.74 Å². The van der Waals surface area contributed by atoms with Gasteiger partial charge in [-0.3, -0.25) is 0 Å². The fourth-order valence-corrected chi connectivity index (χ4v) is 3.54. The van der Waals surface area contributed by atoms with Crippen molar-refractivity contribution in [2.75, 3.05) is 17.7 Å². The minimum Gasteiger partial charge on any atom is -0.491 e. The maximum absolute atomic E-state index is 12.2. The van der Waals surface area contributed by atoms with Gasteiger partial charge in [-0.15, -0.1) is 0 Å². The predicted molar refractivity (Wildman–Crippen MR) is 82.5 cm³/mol. The second-order valence-electron chi connectivity index (χ2n) is 4.95. The highest BCUT2D eigenvalue weighted by Gasteiger charge is 2.25. The molecule has 0 saturated heterocycles. The number of hydrogen-bond donors (Lipinski definition) is 1. The summed E-state index contributed by atoms with van der Waals surface area (Å²) in [4.78, 5) is 0.344. The molecule has 1 N–H and O–H groups in total. The second kappa shape index (κ2) is 5.41. The molecular weight excluding hydrogens is 286 g/mol. The zero-order chi connectivity index (χ0) is 14.9. The summed E-state index contributed by atoms with van der Waals surface area (Å²) in [5.74, 6) is 0.939. The Morgan fingerprint density at radius 2 is 1.86 bits per heavy atom. The molecular formula is C16H17NO3S. The zero-order valence-corrected chi connectivity index (χ0v) is 12.6. The lowest BCUT2D eigenvalue weighted by Gasteiger charge is -2.16. The van der Waals surface area contributed by atoms with Crippen LogP contribution in [0.25, 0.3) is 0 Å². The molecule has 2 aromatic carbocycles. The van der Waals surface area contributed by atoms with E-state index in [1.165, 1.54) is 0 Å². The Kier molecular flexibility index (Phi) is 3.59. The molecule has 1 unspecified atom stereocenters. The third-order valence-electron chi connectivity index (χ3n) is 3.63. The first-order valence-electron chi connectivity index (χ1n) is 6.92. The van der Waals surface area contributed by atoms with Crippen molar-refractivity contribution in [1.29, 1.82) is 0 Å². The first-order chi connectivity index (χ1) is 10.1. The molecule has 0 bridgehead atoms. The molecule has 5 heteroatoms. The van der Waals surface area contributed by atoms with E-state index >= 15 is 0 Å². The molecule has 1 heterocycles. The van der Waals surface area contributed by atoms with Crippen LogP contribution in [0.15, 0.2) is 53.4 Å². The van der Waals surface area contributed by atoms with Gasteiger partial charge >= 0.3 is 0 Å². The van der Waals surface area contributed by atoms with Crippen molar-refractivity contribution in [3.63, 3.8) is 0 Å². The van der Waals surface area contributed by atoms with E-state index in [1.54, 1.807) is 25.1 Å². The first kappa shape index (κ1) is 13.9. The second-order valence-corrected chi connectivity index (χ2v) is 7.19. The summed E-state index contributed by atoms with van der Waals surface area (Å²) in [6.07, 6.45) is 0. The Labute approximate surface area is 124 Å². The van der Waals surface area contributed by atoms with E-state index in [0.29, 0.717) is 17.2 Å². The van der Waals surface area contributed by atoms with Crippen molar-refractivity contribution in [2.24, 2.45) is 0 Å². The van der Waals surface area contributed by atoms with Gasteiger partial charge in [-0.2, -0.15) is 0 Å². The van der Waals surface area contributed by atoms with Crippen LogP contribution in [-0.4, -0.2) is 20.8 Å². The van der Waals surface area contributed by atoms with Crippen LogP contribution in [0.2, 0.25) is 0 Å². The fraction of sp³-hybridized carbons (Fsp3) is 0.250. The van der Waals surface area contributed by atoms with Crippen LogP contribution >= 0.6 is 0 Å². The third-order valence-corrected chi connectivity index (χ3v) is 5.42. The normalized spacial score (nSPS) is 17.1. The molecule has 4 nitrogen and oxygen atoms in total. The minimum absolute atomic E-state index is 0.0330. The largest absolute Gasteiger partial charge is 0.491 e. The van der Waals surface area contributed by atoms with E-state index in [-0.39, 0.29) is 11.8 Å². The van der Waals surface area contributed by atoms with E-state index in [9.17, 15) is 8.42 Å². The SMILES string of the molecule is CCS(=O)(=O)c1ccccc1NC1COc2ccccc21. The summed E-state index contributed by atoms with van der Waals surface area (Å²) in [6, 6.07) is 14.8. The van der Waals surface area contributed by atoms with Gasteiger partial charge in [0.2, 0.25) is 0 Å². The number of fused-ring (bicyclic) bond motifs is 1. The van der Waals surface area contributed by atoms with Gasteiger partial charge in [-0.05, 0) is 18.2 Å². The van der Waals surface area contributed by atoms with Gasteiger partial charge in [0, 0.05) is 5.56 Å². The van der Waals surface area contributed by atoms with Gasteiger partial charge < -0.3 is 10.1 Å². The first-order valence-corrected chi connectivity index (χ1v) is 8.57. The van der Waals surface area contributed by atoms with E-state index in [0.717, 1.165) is 11.3 Å². The van der Waals surface area contributed by atoms with E-state index in [2.05, 4.69) is 5.32 Å². The molecule has 0 amide bonds. The van der Waals surface area contributed by atoms with Crippen molar-refractivity contribution in [1.82, 2.24) is 0 Å². The average molecular weight is 303 g/mol. The maximum Gasteiger partial charge on any atom is 0.180 e. The Bertz CT molecular complexity index is 756.